The van der Waals surface area contributed by atoms with Crippen LogP contribution in [0.15, 0.2) is 36.5 Å². The second-order valence-electron chi connectivity index (χ2n) is 6.71. The average molecular weight is 413 g/mol. The lowest BCUT2D eigenvalue weighted by Gasteiger charge is -2.26. The summed E-state index contributed by atoms with van der Waals surface area (Å²) in [5.74, 6) is 0.0713. The molecule has 1 saturated heterocycles. The largest absolute Gasteiger partial charge is 0.378 e. The number of morpholine rings is 1. The molecule has 1 aromatic carbocycles. The van der Waals surface area contributed by atoms with Gasteiger partial charge in [0.2, 0.25) is 5.95 Å². The SMILES string of the molecule is Cc1nn(-c2ccccc2)c(C)c1NC(=O)c1nc(N2CCOCC2)ncc1Cl. The molecule has 2 aromatic heterocycles. The zero-order chi connectivity index (χ0) is 20.4. The number of benzene rings is 1. The molecule has 1 aliphatic rings. The molecule has 1 amide bonds. The summed E-state index contributed by atoms with van der Waals surface area (Å²) >= 11 is 6.23. The highest BCUT2D eigenvalue weighted by Gasteiger charge is 2.21. The van der Waals surface area contributed by atoms with Crippen LogP contribution in [-0.2, 0) is 4.74 Å². The van der Waals surface area contributed by atoms with Crippen LogP contribution in [0, 0.1) is 13.8 Å². The van der Waals surface area contributed by atoms with E-state index in [1.165, 1.54) is 6.20 Å². The van der Waals surface area contributed by atoms with Crippen molar-refractivity contribution in [2.24, 2.45) is 0 Å². The number of amides is 1. The van der Waals surface area contributed by atoms with E-state index >= 15 is 0 Å². The fourth-order valence-electron chi connectivity index (χ4n) is 3.25. The smallest absolute Gasteiger partial charge is 0.276 e. The fraction of sp³-hybridized carbons (Fsp3) is 0.300. The minimum Gasteiger partial charge on any atom is -0.378 e. The van der Waals surface area contributed by atoms with Gasteiger partial charge in [-0.15, -0.1) is 0 Å². The lowest BCUT2D eigenvalue weighted by molar-refractivity contribution is 0.102. The highest BCUT2D eigenvalue weighted by molar-refractivity contribution is 6.34. The Morgan fingerprint density at radius 1 is 1.17 bits per heavy atom. The molecule has 1 N–H and O–H groups in total. The Kier molecular flexibility index (Phi) is 5.46. The van der Waals surface area contributed by atoms with E-state index in [4.69, 9.17) is 16.3 Å². The summed E-state index contributed by atoms with van der Waals surface area (Å²) in [6.07, 6.45) is 1.46. The average Bonchev–Trinajstić information content (AvgIpc) is 3.03. The Balaban J connectivity index is 1.61. The maximum atomic E-state index is 13.0. The number of aryl methyl sites for hydroxylation is 1. The molecule has 0 saturated carbocycles. The number of hydrogen-bond donors (Lipinski definition) is 1. The first-order valence-corrected chi connectivity index (χ1v) is 9.70. The molecular weight excluding hydrogens is 392 g/mol. The van der Waals surface area contributed by atoms with Crippen molar-refractivity contribution in [1.82, 2.24) is 19.7 Å². The van der Waals surface area contributed by atoms with Crippen molar-refractivity contribution in [3.63, 3.8) is 0 Å². The highest BCUT2D eigenvalue weighted by Crippen LogP contribution is 2.25. The predicted molar refractivity (Wildman–Crippen MR) is 111 cm³/mol. The number of aromatic nitrogens is 4. The maximum Gasteiger partial charge on any atom is 0.276 e. The standard InChI is InChI=1S/C20H21ClN6O2/c1-13-17(14(2)27(25-13)15-6-4-3-5-7-15)23-19(28)18-16(21)12-22-20(24-18)26-8-10-29-11-9-26/h3-7,12H,8-11H2,1-2H3,(H,23,28). The number of para-hydroxylation sites is 1. The fourth-order valence-corrected chi connectivity index (χ4v) is 3.43. The summed E-state index contributed by atoms with van der Waals surface area (Å²) < 4.78 is 7.15. The molecule has 150 valence electrons. The van der Waals surface area contributed by atoms with Crippen molar-refractivity contribution in [3.8, 4) is 5.69 Å². The molecular formula is C20H21ClN6O2. The molecule has 4 rings (SSSR count). The number of rotatable bonds is 4. The number of carbonyl (C=O) groups excluding carboxylic acids is 1. The molecule has 0 aliphatic carbocycles. The van der Waals surface area contributed by atoms with Gasteiger partial charge in [-0.2, -0.15) is 5.10 Å². The van der Waals surface area contributed by atoms with E-state index in [0.717, 1.165) is 11.4 Å². The van der Waals surface area contributed by atoms with Crippen LogP contribution in [0.2, 0.25) is 5.02 Å². The van der Waals surface area contributed by atoms with Crippen LogP contribution in [0.25, 0.3) is 5.69 Å². The van der Waals surface area contributed by atoms with Gasteiger partial charge in [0, 0.05) is 13.1 Å². The van der Waals surface area contributed by atoms with Gasteiger partial charge >= 0.3 is 0 Å². The Hall–Kier alpha value is -2.97. The first-order valence-electron chi connectivity index (χ1n) is 9.33. The van der Waals surface area contributed by atoms with E-state index in [0.29, 0.717) is 43.6 Å². The van der Waals surface area contributed by atoms with Gasteiger partial charge in [0.05, 0.1) is 47.2 Å². The highest BCUT2D eigenvalue weighted by atomic mass is 35.5. The normalized spacial score (nSPS) is 14.1. The van der Waals surface area contributed by atoms with E-state index in [9.17, 15) is 4.79 Å². The first kappa shape index (κ1) is 19.4. The second-order valence-corrected chi connectivity index (χ2v) is 7.12. The van der Waals surface area contributed by atoms with Crippen molar-refractivity contribution in [2.45, 2.75) is 13.8 Å². The van der Waals surface area contributed by atoms with E-state index < -0.39 is 5.91 Å². The van der Waals surface area contributed by atoms with Crippen molar-refractivity contribution < 1.29 is 9.53 Å². The predicted octanol–water partition coefficient (Wildman–Crippen LogP) is 3.02. The van der Waals surface area contributed by atoms with Crippen molar-refractivity contribution in [2.75, 3.05) is 36.5 Å². The van der Waals surface area contributed by atoms with E-state index in [-0.39, 0.29) is 10.7 Å². The molecule has 0 unspecified atom stereocenters. The van der Waals surface area contributed by atoms with E-state index in [1.54, 1.807) is 4.68 Å². The molecule has 9 heteroatoms. The zero-order valence-electron chi connectivity index (χ0n) is 16.2. The number of halogens is 1. The zero-order valence-corrected chi connectivity index (χ0v) is 17.0. The van der Waals surface area contributed by atoms with E-state index in [2.05, 4.69) is 20.4 Å². The van der Waals surface area contributed by atoms with Crippen LogP contribution < -0.4 is 10.2 Å². The van der Waals surface area contributed by atoms with Crippen LogP contribution in [0.1, 0.15) is 21.9 Å². The summed E-state index contributed by atoms with van der Waals surface area (Å²) in [7, 11) is 0. The Morgan fingerprint density at radius 2 is 1.90 bits per heavy atom. The summed E-state index contributed by atoms with van der Waals surface area (Å²) in [6.45, 7) is 6.30. The summed E-state index contributed by atoms with van der Waals surface area (Å²) in [5.41, 5.74) is 3.22. The Morgan fingerprint density at radius 3 is 2.62 bits per heavy atom. The monoisotopic (exact) mass is 412 g/mol. The third-order valence-corrected chi connectivity index (χ3v) is 5.05. The van der Waals surface area contributed by atoms with Gasteiger partial charge in [0.15, 0.2) is 5.69 Å². The van der Waals surface area contributed by atoms with Gasteiger partial charge in [-0.3, -0.25) is 4.79 Å². The molecule has 0 radical (unpaired) electrons. The number of anilines is 2. The first-order chi connectivity index (χ1) is 14.0. The Bertz CT molecular complexity index is 1030. The summed E-state index contributed by atoms with van der Waals surface area (Å²) in [5, 5.41) is 7.67. The molecule has 0 spiro atoms. The molecule has 1 fully saturated rings. The molecule has 8 nitrogen and oxygen atoms in total. The van der Waals surface area contributed by atoms with Gasteiger partial charge in [-0.25, -0.2) is 14.6 Å². The number of ether oxygens (including phenoxy) is 1. The van der Waals surface area contributed by atoms with Crippen molar-refractivity contribution in [3.05, 3.63) is 58.6 Å². The van der Waals surface area contributed by atoms with Crippen LogP contribution in [-0.4, -0.2) is 52.0 Å². The van der Waals surface area contributed by atoms with Gasteiger partial charge in [-0.05, 0) is 26.0 Å². The minimum atomic E-state index is -0.397. The van der Waals surface area contributed by atoms with Gasteiger partial charge in [0.1, 0.15) is 0 Å². The van der Waals surface area contributed by atoms with Crippen LogP contribution in [0.4, 0.5) is 11.6 Å². The third kappa shape index (κ3) is 3.94. The quantitative estimate of drug-likeness (QED) is 0.709. The molecule has 1 aliphatic heterocycles. The second kappa shape index (κ2) is 8.18. The molecule has 0 bridgehead atoms. The van der Waals surface area contributed by atoms with Crippen molar-refractivity contribution >= 4 is 29.1 Å². The van der Waals surface area contributed by atoms with Crippen LogP contribution in [0.5, 0.6) is 0 Å². The molecule has 29 heavy (non-hydrogen) atoms. The minimum absolute atomic E-state index is 0.134. The number of nitrogens with zero attached hydrogens (tertiary/aromatic N) is 5. The van der Waals surface area contributed by atoms with E-state index in [1.807, 2.05) is 49.1 Å². The Labute approximate surface area is 173 Å². The maximum absolute atomic E-state index is 13.0. The molecule has 0 atom stereocenters. The lowest BCUT2D eigenvalue weighted by Crippen LogP contribution is -2.37. The lowest BCUT2D eigenvalue weighted by atomic mass is 10.2. The number of nitrogens with one attached hydrogen (secondary N) is 1. The van der Waals surface area contributed by atoms with Crippen LogP contribution >= 0.6 is 11.6 Å². The van der Waals surface area contributed by atoms with Gasteiger partial charge < -0.3 is 15.0 Å². The number of hydrogen-bond acceptors (Lipinski definition) is 6. The molecule has 3 aromatic rings. The third-order valence-electron chi connectivity index (χ3n) is 4.77. The topological polar surface area (TPSA) is 85.2 Å². The van der Waals surface area contributed by atoms with Crippen molar-refractivity contribution in [1.29, 1.82) is 0 Å². The van der Waals surface area contributed by atoms with Gasteiger partial charge in [-0.1, -0.05) is 29.8 Å². The van der Waals surface area contributed by atoms with Gasteiger partial charge in [0.25, 0.3) is 5.91 Å². The van der Waals surface area contributed by atoms with Crippen LogP contribution in [0.3, 0.4) is 0 Å². The molecule has 3 heterocycles. The number of carbonyl (C=O) groups is 1. The summed E-state index contributed by atoms with van der Waals surface area (Å²) in [4.78, 5) is 23.6. The summed E-state index contributed by atoms with van der Waals surface area (Å²) in [6, 6.07) is 9.75.